The van der Waals surface area contributed by atoms with Gasteiger partial charge in [0.05, 0.1) is 9.99 Å². The summed E-state index contributed by atoms with van der Waals surface area (Å²) in [6, 6.07) is 17.6. The van der Waals surface area contributed by atoms with E-state index in [0.29, 0.717) is 35.0 Å². The molecule has 3 heterocycles. The predicted octanol–water partition coefficient (Wildman–Crippen LogP) is 7.20. The molecule has 2 aromatic heterocycles. The van der Waals surface area contributed by atoms with Gasteiger partial charge in [0.25, 0.3) is 0 Å². The number of aromatic nitrogens is 3. The SMILES string of the molecule is CC(C)(C)OC(=O)N1CCC(c2cnc3nc(-c4ccc(O)c(Br)c4)[nH]c3c2)CC1.Cc1ccccc1. The number of H-pyrrole nitrogens is 1. The van der Waals surface area contributed by atoms with Gasteiger partial charge in [-0.05, 0) is 92.2 Å². The molecule has 8 heteroatoms. The van der Waals surface area contributed by atoms with Crippen molar-refractivity contribution in [3.05, 3.63) is 76.4 Å². The Morgan fingerprint density at radius 1 is 1.11 bits per heavy atom. The van der Waals surface area contributed by atoms with E-state index in [9.17, 15) is 9.90 Å². The summed E-state index contributed by atoms with van der Waals surface area (Å²) in [5, 5.41) is 9.70. The number of hydrogen-bond acceptors (Lipinski definition) is 5. The predicted molar refractivity (Wildman–Crippen MR) is 150 cm³/mol. The second kappa shape index (κ2) is 11.3. The van der Waals surface area contributed by atoms with E-state index in [1.165, 1.54) is 5.56 Å². The van der Waals surface area contributed by atoms with Gasteiger partial charge in [0, 0.05) is 24.8 Å². The van der Waals surface area contributed by atoms with E-state index in [1.807, 2.05) is 57.3 Å². The Labute approximate surface area is 226 Å². The van der Waals surface area contributed by atoms with Crippen molar-refractivity contribution in [1.82, 2.24) is 19.9 Å². The zero-order chi connectivity index (χ0) is 26.6. The monoisotopic (exact) mass is 564 g/mol. The number of aromatic hydroxyl groups is 1. The van der Waals surface area contributed by atoms with Gasteiger partial charge in [-0.25, -0.2) is 14.8 Å². The molecular weight excluding hydrogens is 532 g/mol. The molecule has 5 rings (SSSR count). The molecule has 0 aliphatic carbocycles. The molecule has 0 spiro atoms. The highest BCUT2D eigenvalue weighted by Gasteiger charge is 2.27. The fraction of sp³-hybridized carbons (Fsp3) is 0.345. The number of pyridine rings is 1. The first-order valence-electron chi connectivity index (χ1n) is 12.4. The number of carbonyl (C=O) groups is 1. The zero-order valence-electron chi connectivity index (χ0n) is 21.7. The molecular formula is C29H33BrN4O3. The van der Waals surface area contributed by atoms with Gasteiger partial charge >= 0.3 is 6.09 Å². The van der Waals surface area contributed by atoms with Crippen LogP contribution in [0.2, 0.25) is 0 Å². The van der Waals surface area contributed by atoms with Gasteiger partial charge in [-0.15, -0.1) is 0 Å². The number of halogens is 1. The minimum atomic E-state index is -0.478. The average molecular weight is 566 g/mol. The van der Waals surface area contributed by atoms with Gasteiger partial charge in [-0.1, -0.05) is 35.9 Å². The van der Waals surface area contributed by atoms with Crippen molar-refractivity contribution >= 4 is 33.2 Å². The second-order valence-corrected chi connectivity index (χ2v) is 11.1. The molecule has 0 saturated carbocycles. The molecule has 0 unspecified atom stereocenters. The highest BCUT2D eigenvalue weighted by molar-refractivity contribution is 9.10. The number of rotatable bonds is 2. The van der Waals surface area contributed by atoms with Gasteiger partial charge in [-0.2, -0.15) is 0 Å². The maximum Gasteiger partial charge on any atom is 0.410 e. The van der Waals surface area contributed by atoms with E-state index in [2.05, 4.69) is 56.0 Å². The van der Waals surface area contributed by atoms with Gasteiger partial charge in [0.1, 0.15) is 17.2 Å². The number of fused-ring (bicyclic) bond motifs is 1. The number of imidazole rings is 1. The fourth-order valence-corrected chi connectivity index (χ4v) is 4.57. The molecule has 0 bridgehead atoms. The highest BCUT2D eigenvalue weighted by Crippen LogP contribution is 2.32. The van der Waals surface area contributed by atoms with Crippen LogP contribution in [0.3, 0.4) is 0 Å². The first kappa shape index (κ1) is 26.7. The number of phenols is 1. The Morgan fingerprint density at radius 2 is 1.81 bits per heavy atom. The number of hydrogen-bond donors (Lipinski definition) is 2. The van der Waals surface area contributed by atoms with Crippen LogP contribution >= 0.6 is 15.9 Å². The van der Waals surface area contributed by atoms with Crippen molar-refractivity contribution in [1.29, 1.82) is 0 Å². The molecule has 0 radical (unpaired) electrons. The van der Waals surface area contributed by atoms with Crippen LogP contribution in [0.15, 0.2) is 65.3 Å². The molecule has 1 amide bonds. The van der Waals surface area contributed by atoms with Gasteiger partial charge < -0.3 is 19.7 Å². The van der Waals surface area contributed by atoms with Crippen LogP contribution in [0.4, 0.5) is 4.79 Å². The minimum Gasteiger partial charge on any atom is -0.507 e. The Bertz CT molecular complexity index is 1360. The number of piperidine rings is 1. The molecule has 0 atom stereocenters. The summed E-state index contributed by atoms with van der Waals surface area (Å²) in [4.78, 5) is 26.5. The van der Waals surface area contributed by atoms with Crippen LogP contribution in [-0.4, -0.2) is 49.7 Å². The Hall–Kier alpha value is -3.39. The van der Waals surface area contributed by atoms with Crippen molar-refractivity contribution < 1.29 is 14.6 Å². The number of ether oxygens (including phenoxy) is 1. The zero-order valence-corrected chi connectivity index (χ0v) is 23.2. The lowest BCUT2D eigenvalue weighted by atomic mass is 9.90. The number of benzene rings is 2. The summed E-state index contributed by atoms with van der Waals surface area (Å²) in [6.45, 7) is 9.08. The van der Waals surface area contributed by atoms with Crippen LogP contribution in [0.25, 0.3) is 22.6 Å². The summed E-state index contributed by atoms with van der Waals surface area (Å²) in [5.41, 5.74) is 4.39. The fourth-order valence-electron chi connectivity index (χ4n) is 4.19. The van der Waals surface area contributed by atoms with Gasteiger partial charge in [0.2, 0.25) is 0 Å². The number of likely N-dealkylation sites (tertiary alicyclic amines) is 1. The normalized spacial score (nSPS) is 14.2. The second-order valence-electron chi connectivity index (χ2n) is 10.3. The maximum absolute atomic E-state index is 12.3. The number of nitrogens with one attached hydrogen (secondary N) is 1. The topological polar surface area (TPSA) is 91.3 Å². The first-order chi connectivity index (χ1) is 17.6. The number of aromatic amines is 1. The highest BCUT2D eigenvalue weighted by atomic mass is 79.9. The number of phenolic OH excluding ortho intramolecular Hbond substituents is 1. The molecule has 7 nitrogen and oxygen atoms in total. The molecule has 37 heavy (non-hydrogen) atoms. The quantitative estimate of drug-likeness (QED) is 0.268. The minimum absolute atomic E-state index is 0.188. The lowest BCUT2D eigenvalue weighted by Gasteiger charge is -2.33. The summed E-state index contributed by atoms with van der Waals surface area (Å²) in [7, 11) is 0. The Kier molecular flexibility index (Phi) is 8.17. The average Bonchev–Trinajstić information content (AvgIpc) is 3.29. The summed E-state index contributed by atoms with van der Waals surface area (Å²) < 4.78 is 6.10. The molecule has 2 aromatic carbocycles. The third kappa shape index (κ3) is 7.10. The van der Waals surface area contributed by atoms with E-state index in [4.69, 9.17) is 4.74 Å². The van der Waals surface area contributed by atoms with Crippen LogP contribution in [-0.2, 0) is 4.74 Å². The lowest BCUT2D eigenvalue weighted by Crippen LogP contribution is -2.41. The Morgan fingerprint density at radius 3 is 2.41 bits per heavy atom. The molecule has 1 saturated heterocycles. The van der Waals surface area contributed by atoms with E-state index in [1.54, 1.807) is 11.0 Å². The van der Waals surface area contributed by atoms with Gasteiger partial charge in [0.15, 0.2) is 5.65 Å². The largest absolute Gasteiger partial charge is 0.507 e. The van der Waals surface area contributed by atoms with E-state index >= 15 is 0 Å². The van der Waals surface area contributed by atoms with E-state index in [0.717, 1.165) is 29.5 Å². The Balaban J connectivity index is 0.000000396. The lowest BCUT2D eigenvalue weighted by molar-refractivity contribution is 0.0205. The van der Waals surface area contributed by atoms with Crippen molar-refractivity contribution in [2.24, 2.45) is 0 Å². The third-order valence-electron chi connectivity index (χ3n) is 6.14. The van der Waals surface area contributed by atoms with Crippen molar-refractivity contribution in [3.8, 4) is 17.1 Å². The van der Waals surface area contributed by atoms with Crippen LogP contribution in [0.5, 0.6) is 5.75 Å². The standard InChI is InChI=1S/C22H25BrN4O3.C7H8/c1-22(2,3)30-21(29)27-8-6-13(7-9-27)15-11-17-20(24-12-15)26-19(25-17)14-4-5-18(28)16(23)10-14;1-7-5-3-2-4-6-7/h4-5,10-13,28H,6-9H2,1-3H3,(H,24,25,26);2-6H,1H3. The first-order valence-corrected chi connectivity index (χ1v) is 13.2. The smallest absolute Gasteiger partial charge is 0.410 e. The maximum atomic E-state index is 12.3. The van der Waals surface area contributed by atoms with Crippen LogP contribution in [0.1, 0.15) is 50.7 Å². The molecule has 2 N–H and O–H groups in total. The third-order valence-corrected chi connectivity index (χ3v) is 6.77. The van der Waals surface area contributed by atoms with E-state index < -0.39 is 5.60 Å². The van der Waals surface area contributed by atoms with Crippen LogP contribution in [0, 0.1) is 6.92 Å². The molecule has 4 aromatic rings. The van der Waals surface area contributed by atoms with Crippen LogP contribution < -0.4 is 0 Å². The number of carbonyl (C=O) groups excluding carboxylic acids is 1. The van der Waals surface area contributed by atoms with Gasteiger partial charge in [-0.3, -0.25) is 0 Å². The molecule has 1 aliphatic heterocycles. The molecule has 194 valence electrons. The van der Waals surface area contributed by atoms with Crippen molar-refractivity contribution in [2.75, 3.05) is 13.1 Å². The van der Waals surface area contributed by atoms with Crippen molar-refractivity contribution in [2.45, 2.75) is 52.1 Å². The molecule has 1 fully saturated rings. The summed E-state index contributed by atoms with van der Waals surface area (Å²) in [6.07, 6.45) is 3.39. The number of nitrogens with zero attached hydrogens (tertiary/aromatic N) is 3. The van der Waals surface area contributed by atoms with E-state index in [-0.39, 0.29) is 11.8 Å². The summed E-state index contributed by atoms with van der Waals surface area (Å²) in [5.74, 6) is 1.23. The van der Waals surface area contributed by atoms with Crippen molar-refractivity contribution in [3.63, 3.8) is 0 Å². The summed E-state index contributed by atoms with van der Waals surface area (Å²) >= 11 is 3.34. The number of amides is 1. The molecule has 1 aliphatic rings. The number of aryl methyl sites for hydroxylation is 1.